The van der Waals surface area contributed by atoms with Crippen LogP contribution in [0.15, 0.2) is 54.9 Å². The Bertz CT molecular complexity index is 720. The molecule has 0 spiro atoms. The summed E-state index contributed by atoms with van der Waals surface area (Å²) in [5.41, 5.74) is 2.75. The number of fused-ring (bicyclic) bond motifs is 1. The predicted molar refractivity (Wildman–Crippen MR) is 70.0 cm³/mol. The summed E-state index contributed by atoms with van der Waals surface area (Å²) < 4.78 is 2.09. The molecule has 18 heavy (non-hydrogen) atoms. The number of benzene rings is 1. The maximum Gasteiger partial charge on any atom is 0.140 e. The largest absolute Gasteiger partial charge is 0.328 e. The van der Waals surface area contributed by atoms with Gasteiger partial charge in [-0.3, -0.25) is 0 Å². The van der Waals surface area contributed by atoms with Crippen LogP contribution in [0.4, 0.5) is 0 Å². The molecule has 2 heterocycles. The fourth-order valence-corrected chi connectivity index (χ4v) is 2.05. The van der Waals surface area contributed by atoms with Crippen molar-refractivity contribution >= 4 is 11.0 Å². The second kappa shape index (κ2) is 4.34. The lowest BCUT2D eigenvalue weighted by Crippen LogP contribution is -1.98. The molecule has 0 unspecified atom stereocenters. The zero-order chi connectivity index (χ0) is 12.4. The topological polar surface area (TPSA) is 41.6 Å². The average molecular weight is 233 g/mol. The van der Waals surface area contributed by atoms with E-state index < -0.39 is 0 Å². The quantitative estimate of drug-likeness (QED) is 0.682. The molecule has 0 saturated heterocycles. The monoisotopic (exact) mass is 233 g/mol. The van der Waals surface area contributed by atoms with Gasteiger partial charge < -0.3 is 4.57 Å². The van der Waals surface area contributed by atoms with Crippen molar-refractivity contribution in [2.75, 3.05) is 0 Å². The van der Waals surface area contributed by atoms with Gasteiger partial charge in [-0.05, 0) is 17.7 Å². The second-order valence-electron chi connectivity index (χ2n) is 4.18. The number of hydrogen-bond acceptors (Lipinski definition) is 2. The van der Waals surface area contributed by atoms with Crippen LogP contribution in [0.25, 0.3) is 11.0 Å². The van der Waals surface area contributed by atoms with Crippen LogP contribution in [0, 0.1) is 11.3 Å². The smallest absolute Gasteiger partial charge is 0.140 e. The molecule has 0 amide bonds. The molecule has 2 aromatic heterocycles. The molecule has 3 heteroatoms. The van der Waals surface area contributed by atoms with Gasteiger partial charge in [0, 0.05) is 24.3 Å². The van der Waals surface area contributed by atoms with E-state index in [0.717, 1.165) is 17.6 Å². The van der Waals surface area contributed by atoms with E-state index in [9.17, 15) is 0 Å². The maximum atomic E-state index is 8.84. The molecule has 3 nitrogen and oxygen atoms in total. The molecule has 0 saturated carbocycles. The van der Waals surface area contributed by atoms with E-state index in [4.69, 9.17) is 5.26 Å². The normalized spacial score (nSPS) is 10.4. The standard InChI is InChI=1S/C15H11N3/c16-9-13-8-14-6-7-18(15(14)17-10-13)11-12-4-2-1-3-5-12/h1-8,10H,11H2. The number of hydrogen-bond donors (Lipinski definition) is 0. The summed E-state index contributed by atoms with van der Waals surface area (Å²) in [7, 11) is 0. The van der Waals surface area contributed by atoms with Gasteiger partial charge >= 0.3 is 0 Å². The molecule has 0 aliphatic rings. The van der Waals surface area contributed by atoms with Gasteiger partial charge in [-0.1, -0.05) is 30.3 Å². The van der Waals surface area contributed by atoms with Crippen LogP contribution in [-0.2, 0) is 6.54 Å². The molecule has 3 rings (SSSR count). The third-order valence-corrected chi connectivity index (χ3v) is 2.93. The van der Waals surface area contributed by atoms with Crippen LogP contribution in [0.5, 0.6) is 0 Å². The van der Waals surface area contributed by atoms with Gasteiger partial charge in [-0.2, -0.15) is 5.26 Å². The predicted octanol–water partition coefficient (Wildman–Crippen LogP) is 2.96. The maximum absolute atomic E-state index is 8.84. The first-order chi connectivity index (χ1) is 8.86. The Morgan fingerprint density at radius 3 is 2.78 bits per heavy atom. The molecule has 0 aliphatic heterocycles. The van der Waals surface area contributed by atoms with Crippen LogP contribution in [0.1, 0.15) is 11.1 Å². The molecule has 0 atom stereocenters. The highest BCUT2D eigenvalue weighted by atomic mass is 15.0. The van der Waals surface area contributed by atoms with Crippen LogP contribution < -0.4 is 0 Å². The van der Waals surface area contributed by atoms with Crippen LogP contribution in [-0.4, -0.2) is 9.55 Å². The molecular formula is C15H11N3. The Labute approximate surface area is 105 Å². The SMILES string of the molecule is N#Cc1cnc2c(ccn2Cc2ccccc2)c1. The first-order valence-corrected chi connectivity index (χ1v) is 5.76. The second-order valence-corrected chi connectivity index (χ2v) is 4.18. The molecule has 0 radical (unpaired) electrons. The number of aromatic nitrogens is 2. The minimum atomic E-state index is 0.597. The lowest BCUT2D eigenvalue weighted by molar-refractivity contribution is 0.825. The first-order valence-electron chi connectivity index (χ1n) is 5.76. The number of nitrogens with zero attached hydrogens (tertiary/aromatic N) is 3. The van der Waals surface area contributed by atoms with Crippen molar-refractivity contribution in [3.05, 3.63) is 66.0 Å². The minimum Gasteiger partial charge on any atom is -0.328 e. The summed E-state index contributed by atoms with van der Waals surface area (Å²) in [4.78, 5) is 4.35. The van der Waals surface area contributed by atoms with Gasteiger partial charge in [0.15, 0.2) is 0 Å². The Morgan fingerprint density at radius 2 is 2.00 bits per heavy atom. The zero-order valence-electron chi connectivity index (χ0n) is 9.74. The Balaban J connectivity index is 2.01. The number of rotatable bonds is 2. The fraction of sp³-hybridized carbons (Fsp3) is 0.0667. The van der Waals surface area contributed by atoms with Gasteiger partial charge in [0.2, 0.25) is 0 Å². The van der Waals surface area contributed by atoms with E-state index in [1.165, 1.54) is 5.56 Å². The molecule has 0 bridgehead atoms. The van der Waals surface area contributed by atoms with E-state index in [1.54, 1.807) is 6.20 Å². The van der Waals surface area contributed by atoms with Crippen LogP contribution >= 0.6 is 0 Å². The van der Waals surface area contributed by atoms with Crippen molar-refractivity contribution in [3.63, 3.8) is 0 Å². The Kier molecular flexibility index (Phi) is 2.54. The van der Waals surface area contributed by atoms with E-state index in [1.807, 2.05) is 36.5 Å². The van der Waals surface area contributed by atoms with Crippen molar-refractivity contribution in [1.82, 2.24) is 9.55 Å². The highest BCUT2D eigenvalue weighted by molar-refractivity contribution is 5.77. The molecule has 86 valence electrons. The number of nitriles is 1. The van der Waals surface area contributed by atoms with Gasteiger partial charge in [0.25, 0.3) is 0 Å². The van der Waals surface area contributed by atoms with E-state index in [2.05, 4.69) is 27.8 Å². The molecule has 0 aliphatic carbocycles. The summed E-state index contributed by atoms with van der Waals surface area (Å²) >= 11 is 0. The van der Waals surface area contributed by atoms with Crippen LogP contribution in [0.3, 0.4) is 0 Å². The van der Waals surface area contributed by atoms with E-state index in [-0.39, 0.29) is 0 Å². The Morgan fingerprint density at radius 1 is 1.17 bits per heavy atom. The third-order valence-electron chi connectivity index (χ3n) is 2.93. The van der Waals surface area contributed by atoms with Gasteiger partial charge in [-0.15, -0.1) is 0 Å². The van der Waals surface area contributed by atoms with Crippen molar-refractivity contribution in [2.24, 2.45) is 0 Å². The zero-order valence-corrected chi connectivity index (χ0v) is 9.74. The third kappa shape index (κ3) is 1.85. The van der Waals surface area contributed by atoms with Crippen LogP contribution in [0.2, 0.25) is 0 Å². The summed E-state index contributed by atoms with van der Waals surface area (Å²) in [6.07, 6.45) is 3.62. The minimum absolute atomic E-state index is 0.597. The van der Waals surface area contributed by atoms with E-state index in [0.29, 0.717) is 5.56 Å². The summed E-state index contributed by atoms with van der Waals surface area (Å²) in [6.45, 7) is 0.795. The molecule has 0 N–H and O–H groups in total. The lowest BCUT2D eigenvalue weighted by Gasteiger charge is -2.04. The Hall–Kier alpha value is -2.60. The summed E-state index contributed by atoms with van der Waals surface area (Å²) in [5, 5.41) is 9.85. The highest BCUT2D eigenvalue weighted by Gasteiger charge is 2.04. The van der Waals surface area contributed by atoms with Gasteiger partial charge in [-0.25, -0.2) is 4.98 Å². The average Bonchev–Trinajstić information content (AvgIpc) is 2.82. The molecule has 1 aromatic carbocycles. The first kappa shape index (κ1) is 10.5. The molecular weight excluding hydrogens is 222 g/mol. The summed E-state index contributed by atoms with van der Waals surface area (Å²) in [5.74, 6) is 0. The van der Waals surface area contributed by atoms with Crippen molar-refractivity contribution in [2.45, 2.75) is 6.54 Å². The van der Waals surface area contributed by atoms with Gasteiger partial charge in [0.05, 0.1) is 5.56 Å². The van der Waals surface area contributed by atoms with Crippen molar-refractivity contribution < 1.29 is 0 Å². The molecule has 3 aromatic rings. The summed E-state index contributed by atoms with van der Waals surface area (Å²) in [6, 6.07) is 16.2. The number of pyridine rings is 1. The van der Waals surface area contributed by atoms with Crippen molar-refractivity contribution in [1.29, 1.82) is 5.26 Å². The van der Waals surface area contributed by atoms with Gasteiger partial charge in [0.1, 0.15) is 11.7 Å². The van der Waals surface area contributed by atoms with E-state index >= 15 is 0 Å². The fourth-order valence-electron chi connectivity index (χ4n) is 2.05. The molecule has 0 fully saturated rings. The lowest BCUT2D eigenvalue weighted by atomic mass is 10.2. The van der Waals surface area contributed by atoms with Crippen molar-refractivity contribution in [3.8, 4) is 6.07 Å². The highest BCUT2D eigenvalue weighted by Crippen LogP contribution is 2.16.